The van der Waals surface area contributed by atoms with Crippen LogP contribution in [0.5, 0.6) is 5.75 Å². The number of carboxylic acids is 1. The van der Waals surface area contributed by atoms with Crippen molar-refractivity contribution in [1.29, 1.82) is 0 Å². The number of hydrogen-bond acceptors (Lipinski definition) is 4. The van der Waals surface area contributed by atoms with E-state index in [1.165, 1.54) is 77.7 Å². The molecule has 0 spiro atoms. The minimum absolute atomic E-state index is 0.345. The molecule has 1 atom stereocenters. The van der Waals surface area contributed by atoms with Gasteiger partial charge >= 0.3 is 11.9 Å². The van der Waals surface area contributed by atoms with Crippen molar-refractivity contribution in [2.45, 2.75) is 123 Å². The van der Waals surface area contributed by atoms with Crippen LogP contribution < -0.4 is 4.74 Å². The second-order valence-corrected chi connectivity index (χ2v) is 9.94. The zero-order chi connectivity index (χ0) is 24.6. The van der Waals surface area contributed by atoms with Crippen LogP contribution in [0.25, 0.3) is 0 Å². The summed E-state index contributed by atoms with van der Waals surface area (Å²) in [6.45, 7) is 6.11. The normalized spacial score (nSPS) is 18.6. The van der Waals surface area contributed by atoms with Crippen molar-refractivity contribution < 1.29 is 24.5 Å². The molecule has 0 aromatic heterocycles. The highest BCUT2D eigenvalue weighted by Crippen LogP contribution is 2.43. The van der Waals surface area contributed by atoms with Crippen LogP contribution in [0, 0.1) is 5.41 Å². The first-order valence-electron chi connectivity index (χ1n) is 13.0. The van der Waals surface area contributed by atoms with Crippen molar-refractivity contribution in [3.8, 4) is 5.75 Å². The Hall–Kier alpha value is -1.59. The summed E-state index contributed by atoms with van der Waals surface area (Å²) in [7, 11) is 1.45. The molecule has 0 saturated carbocycles. The summed E-state index contributed by atoms with van der Waals surface area (Å²) < 4.78 is 10.6. The Morgan fingerprint density at radius 2 is 1.39 bits per heavy atom. The summed E-state index contributed by atoms with van der Waals surface area (Å²) in [5.41, 5.74) is 0.639. The molecule has 33 heavy (non-hydrogen) atoms. The number of hydrogen-bond donors (Lipinski definition) is 2. The fourth-order valence-electron chi connectivity index (χ4n) is 4.24. The maximum atomic E-state index is 10.3. The molecule has 1 unspecified atom stereocenters. The number of para-hydroxylation sites is 1. The van der Waals surface area contributed by atoms with E-state index < -0.39 is 17.4 Å². The second kappa shape index (κ2) is 16.1. The first-order valence-corrected chi connectivity index (χ1v) is 13.0. The van der Waals surface area contributed by atoms with Crippen LogP contribution in [-0.2, 0) is 16.0 Å². The Morgan fingerprint density at radius 3 is 1.88 bits per heavy atom. The van der Waals surface area contributed by atoms with Crippen LogP contribution in [0.2, 0.25) is 0 Å². The summed E-state index contributed by atoms with van der Waals surface area (Å²) in [4.78, 5) is 10.3. The Balaban J connectivity index is 0.000000334. The molecule has 0 saturated heterocycles. The van der Waals surface area contributed by atoms with Gasteiger partial charge in [-0.2, -0.15) is 0 Å². The fraction of sp³-hybridized carbons (Fsp3) is 0.750. The number of aliphatic carboxylic acids is 1. The van der Waals surface area contributed by atoms with E-state index >= 15 is 0 Å². The van der Waals surface area contributed by atoms with Gasteiger partial charge in [0.25, 0.3) is 0 Å². The predicted octanol–water partition coefficient (Wildman–Crippen LogP) is 7.49. The Morgan fingerprint density at radius 1 is 0.909 bits per heavy atom. The van der Waals surface area contributed by atoms with Gasteiger partial charge in [-0.3, -0.25) is 4.79 Å². The van der Waals surface area contributed by atoms with E-state index in [4.69, 9.17) is 14.6 Å². The third-order valence-corrected chi connectivity index (χ3v) is 6.48. The fourth-order valence-corrected chi connectivity index (χ4v) is 4.24. The van der Waals surface area contributed by atoms with Crippen molar-refractivity contribution in [3.63, 3.8) is 0 Å². The molecule has 1 heterocycles. The van der Waals surface area contributed by atoms with E-state index in [1.807, 2.05) is 38.1 Å². The maximum absolute atomic E-state index is 10.3. The minimum Gasteiger partial charge on any atom is -0.481 e. The number of unbranched alkanes of at least 4 members (excludes halogenated alkanes) is 12. The van der Waals surface area contributed by atoms with Crippen LogP contribution in [-0.4, -0.2) is 29.3 Å². The Labute approximate surface area is 201 Å². The van der Waals surface area contributed by atoms with E-state index in [2.05, 4.69) is 6.92 Å². The van der Waals surface area contributed by atoms with Gasteiger partial charge in [0.05, 0.1) is 5.41 Å². The maximum Gasteiger partial charge on any atom is 0.329 e. The third-order valence-electron chi connectivity index (χ3n) is 6.48. The number of ether oxygens (including phenoxy) is 2. The number of carboxylic acid groups (broad SMARTS) is 1. The molecule has 2 N–H and O–H groups in total. The van der Waals surface area contributed by atoms with E-state index in [1.54, 1.807) is 0 Å². The van der Waals surface area contributed by atoms with Gasteiger partial charge in [-0.1, -0.05) is 116 Å². The average molecular weight is 465 g/mol. The molecular formula is C28H48O5. The molecule has 0 aliphatic carbocycles. The first-order chi connectivity index (χ1) is 15.8. The standard InChI is InChI=1S/C16H32O2.C12H16O3/c1-2-3-4-5-6-7-8-9-10-11-12-13-14-15-16(17)18;1-11(2)8-9-6-4-5-7-10(9)15-12(11,13)14-3/h2-15H2,1H3,(H,17,18);4-7,13H,8H2,1-3H3. The molecule has 5 nitrogen and oxygen atoms in total. The van der Waals surface area contributed by atoms with Crippen LogP contribution in [0.1, 0.15) is 116 Å². The lowest BCUT2D eigenvalue weighted by Gasteiger charge is -2.44. The SMILES string of the molecule is CCCCCCCCCCCCCCCC(=O)O.COC1(O)Oc2ccccc2CC1(C)C. The summed E-state index contributed by atoms with van der Waals surface area (Å²) >= 11 is 0. The van der Waals surface area contributed by atoms with Gasteiger partial charge in [0, 0.05) is 13.5 Å². The van der Waals surface area contributed by atoms with E-state index in [9.17, 15) is 9.90 Å². The smallest absolute Gasteiger partial charge is 0.329 e. The second-order valence-electron chi connectivity index (χ2n) is 9.94. The number of carbonyl (C=O) groups is 1. The van der Waals surface area contributed by atoms with E-state index in [0.717, 1.165) is 24.8 Å². The number of rotatable bonds is 15. The van der Waals surface area contributed by atoms with Gasteiger partial charge in [-0.15, -0.1) is 0 Å². The number of fused-ring (bicyclic) bond motifs is 1. The number of aliphatic hydroxyl groups is 1. The highest BCUT2D eigenvalue weighted by molar-refractivity contribution is 5.66. The molecule has 190 valence electrons. The van der Waals surface area contributed by atoms with Crippen molar-refractivity contribution >= 4 is 5.97 Å². The van der Waals surface area contributed by atoms with Gasteiger partial charge in [0.1, 0.15) is 5.75 Å². The zero-order valence-corrected chi connectivity index (χ0v) is 21.5. The predicted molar refractivity (Wildman–Crippen MR) is 134 cm³/mol. The molecule has 2 rings (SSSR count). The lowest BCUT2D eigenvalue weighted by Crippen LogP contribution is -2.54. The molecule has 1 aromatic carbocycles. The van der Waals surface area contributed by atoms with Gasteiger partial charge in [0.15, 0.2) is 0 Å². The lowest BCUT2D eigenvalue weighted by molar-refractivity contribution is -0.367. The van der Waals surface area contributed by atoms with Crippen molar-refractivity contribution in [2.75, 3.05) is 7.11 Å². The molecule has 1 aliphatic rings. The largest absolute Gasteiger partial charge is 0.481 e. The quantitative estimate of drug-likeness (QED) is 0.208. The average Bonchev–Trinajstić information content (AvgIpc) is 2.77. The number of benzene rings is 1. The Kier molecular flexibility index (Phi) is 14.4. The van der Waals surface area contributed by atoms with Gasteiger partial charge in [0.2, 0.25) is 0 Å². The molecule has 5 heteroatoms. The third kappa shape index (κ3) is 11.4. The number of methoxy groups -OCH3 is 1. The van der Waals surface area contributed by atoms with Crippen molar-refractivity contribution in [3.05, 3.63) is 29.8 Å². The summed E-state index contributed by atoms with van der Waals surface area (Å²) in [5, 5.41) is 18.7. The summed E-state index contributed by atoms with van der Waals surface area (Å²) in [6.07, 6.45) is 18.0. The minimum atomic E-state index is -1.54. The van der Waals surface area contributed by atoms with E-state index in [-0.39, 0.29) is 0 Å². The van der Waals surface area contributed by atoms with Crippen LogP contribution in [0.4, 0.5) is 0 Å². The molecule has 0 amide bonds. The van der Waals surface area contributed by atoms with Crippen LogP contribution in [0.15, 0.2) is 24.3 Å². The summed E-state index contributed by atoms with van der Waals surface area (Å²) in [5.74, 6) is -1.50. The van der Waals surface area contributed by atoms with Crippen molar-refractivity contribution in [1.82, 2.24) is 0 Å². The summed E-state index contributed by atoms with van der Waals surface area (Å²) in [6, 6.07) is 7.70. The lowest BCUT2D eigenvalue weighted by atomic mass is 9.81. The molecule has 1 aromatic rings. The zero-order valence-electron chi connectivity index (χ0n) is 21.5. The van der Waals surface area contributed by atoms with Gasteiger partial charge in [-0.05, 0) is 24.5 Å². The monoisotopic (exact) mass is 464 g/mol. The van der Waals surface area contributed by atoms with Crippen molar-refractivity contribution in [2.24, 2.45) is 5.41 Å². The highest BCUT2D eigenvalue weighted by atomic mass is 16.8. The van der Waals surface area contributed by atoms with Crippen LogP contribution >= 0.6 is 0 Å². The molecule has 0 fully saturated rings. The molecule has 1 aliphatic heterocycles. The highest BCUT2D eigenvalue weighted by Gasteiger charge is 2.50. The first kappa shape index (κ1) is 29.4. The van der Waals surface area contributed by atoms with Gasteiger partial charge < -0.3 is 19.7 Å². The molecular weight excluding hydrogens is 416 g/mol. The van der Waals surface area contributed by atoms with E-state index in [0.29, 0.717) is 12.2 Å². The molecule has 0 bridgehead atoms. The van der Waals surface area contributed by atoms with Crippen LogP contribution in [0.3, 0.4) is 0 Å². The topological polar surface area (TPSA) is 76.0 Å². The van der Waals surface area contributed by atoms with Gasteiger partial charge in [-0.25, -0.2) is 0 Å². The molecule has 0 radical (unpaired) electrons. The Bertz CT molecular complexity index is 657.